The summed E-state index contributed by atoms with van der Waals surface area (Å²) in [6, 6.07) is 7.16. The number of piperazine rings is 1. The highest BCUT2D eigenvalue weighted by Crippen LogP contribution is 2.48. The van der Waals surface area contributed by atoms with E-state index < -0.39 is 0 Å². The van der Waals surface area contributed by atoms with Crippen molar-refractivity contribution in [1.82, 2.24) is 20.4 Å². The second-order valence-electron chi connectivity index (χ2n) is 8.10. The molecule has 1 heterocycles. The average Bonchev–Trinajstić information content (AvgIpc) is 3.51. The van der Waals surface area contributed by atoms with Crippen LogP contribution >= 0.6 is 24.0 Å². The number of guanidine groups is 1. The van der Waals surface area contributed by atoms with E-state index in [0.29, 0.717) is 0 Å². The molecule has 7 heteroatoms. The molecule has 0 aromatic heterocycles. The van der Waals surface area contributed by atoms with Gasteiger partial charge < -0.3 is 20.4 Å². The summed E-state index contributed by atoms with van der Waals surface area (Å²) in [7, 11) is 1.80. The number of unbranched alkanes of at least 4 members (excludes halogenated alkanes) is 1. The molecule has 5 nitrogen and oxygen atoms in total. The predicted octanol–water partition coefficient (Wildman–Crippen LogP) is 3.06. The minimum atomic E-state index is -0.0930. The largest absolute Gasteiger partial charge is 0.356 e. The Kier molecular flexibility index (Phi) is 10.1. The Morgan fingerprint density at radius 2 is 1.76 bits per heavy atom. The third kappa shape index (κ3) is 7.07. The van der Waals surface area contributed by atoms with Gasteiger partial charge in [-0.3, -0.25) is 4.99 Å². The highest BCUT2D eigenvalue weighted by atomic mass is 127. The molecule has 0 radical (unpaired) electrons. The summed E-state index contributed by atoms with van der Waals surface area (Å²) in [5.41, 5.74) is 0.768. The monoisotopic (exact) mass is 517 g/mol. The van der Waals surface area contributed by atoms with Gasteiger partial charge in [0.25, 0.3) is 0 Å². The van der Waals surface area contributed by atoms with Crippen LogP contribution in [0.1, 0.15) is 38.2 Å². The van der Waals surface area contributed by atoms with Crippen molar-refractivity contribution in [2.24, 2.45) is 4.99 Å². The highest BCUT2D eigenvalue weighted by molar-refractivity contribution is 14.0. The fourth-order valence-electron chi connectivity index (χ4n) is 4.05. The van der Waals surface area contributed by atoms with E-state index in [0.717, 1.165) is 43.9 Å². The van der Waals surface area contributed by atoms with E-state index in [-0.39, 0.29) is 35.2 Å². The zero-order valence-electron chi connectivity index (χ0n) is 17.9. The first-order valence-corrected chi connectivity index (χ1v) is 10.8. The van der Waals surface area contributed by atoms with Crippen LogP contribution in [0.15, 0.2) is 29.3 Å². The molecule has 2 fully saturated rings. The van der Waals surface area contributed by atoms with Gasteiger partial charge in [0.05, 0.1) is 0 Å². The Morgan fingerprint density at radius 1 is 1.07 bits per heavy atom. The smallest absolute Gasteiger partial charge is 0.191 e. The Hall–Kier alpha value is -0.930. The van der Waals surface area contributed by atoms with Crippen LogP contribution in [0.25, 0.3) is 0 Å². The number of hydrogen-bond donors (Lipinski definition) is 2. The SMILES string of the molecule is CCN1CCN(CCCCNC(=NC)NCC2(c3ccccc3F)CC2)CC1.I. The molecule has 0 unspecified atom stereocenters. The number of aliphatic imine (C=N–C) groups is 1. The van der Waals surface area contributed by atoms with Crippen molar-refractivity contribution >= 4 is 29.9 Å². The number of likely N-dealkylation sites (N-methyl/N-ethyl adjacent to an activating group) is 1. The summed E-state index contributed by atoms with van der Waals surface area (Å²) >= 11 is 0. The van der Waals surface area contributed by atoms with Gasteiger partial charge in [-0.15, -0.1) is 24.0 Å². The highest BCUT2D eigenvalue weighted by Gasteiger charge is 2.45. The molecular formula is C22H37FIN5. The van der Waals surface area contributed by atoms with E-state index in [1.54, 1.807) is 19.2 Å². The fourth-order valence-corrected chi connectivity index (χ4v) is 4.05. The van der Waals surface area contributed by atoms with Crippen molar-refractivity contribution in [3.8, 4) is 0 Å². The number of hydrogen-bond acceptors (Lipinski definition) is 3. The van der Waals surface area contributed by atoms with Gasteiger partial charge in [0.2, 0.25) is 0 Å². The van der Waals surface area contributed by atoms with Crippen molar-refractivity contribution < 1.29 is 4.39 Å². The van der Waals surface area contributed by atoms with Crippen molar-refractivity contribution in [3.63, 3.8) is 0 Å². The van der Waals surface area contributed by atoms with Crippen LogP contribution in [0.3, 0.4) is 0 Å². The first-order valence-electron chi connectivity index (χ1n) is 10.8. The van der Waals surface area contributed by atoms with E-state index >= 15 is 0 Å². The molecule has 0 atom stereocenters. The lowest BCUT2D eigenvalue weighted by atomic mass is 9.95. The van der Waals surface area contributed by atoms with Gasteiger partial charge in [-0.2, -0.15) is 0 Å². The van der Waals surface area contributed by atoms with Crippen molar-refractivity contribution in [2.75, 3.05) is 59.4 Å². The van der Waals surface area contributed by atoms with E-state index in [4.69, 9.17) is 0 Å². The van der Waals surface area contributed by atoms with Gasteiger partial charge in [0.15, 0.2) is 5.96 Å². The summed E-state index contributed by atoms with van der Waals surface area (Å²) in [5.74, 6) is 0.726. The summed E-state index contributed by atoms with van der Waals surface area (Å²) in [4.78, 5) is 9.41. The van der Waals surface area contributed by atoms with Crippen LogP contribution in [-0.2, 0) is 5.41 Å². The number of halogens is 2. The molecule has 1 aliphatic heterocycles. The van der Waals surface area contributed by atoms with Gasteiger partial charge in [-0.1, -0.05) is 25.1 Å². The van der Waals surface area contributed by atoms with Crippen molar-refractivity contribution in [2.45, 2.75) is 38.0 Å². The second-order valence-corrected chi connectivity index (χ2v) is 8.10. The minimum absolute atomic E-state index is 0. The third-order valence-electron chi connectivity index (χ3n) is 6.22. The van der Waals surface area contributed by atoms with Gasteiger partial charge in [-0.05, 0) is 50.4 Å². The summed E-state index contributed by atoms with van der Waals surface area (Å²) in [6.45, 7) is 11.0. The van der Waals surface area contributed by atoms with Crippen molar-refractivity contribution in [1.29, 1.82) is 0 Å². The summed E-state index contributed by atoms with van der Waals surface area (Å²) in [6.07, 6.45) is 4.40. The number of nitrogens with zero attached hydrogens (tertiary/aromatic N) is 3. The number of nitrogens with one attached hydrogen (secondary N) is 2. The zero-order valence-corrected chi connectivity index (χ0v) is 20.3. The van der Waals surface area contributed by atoms with Gasteiger partial charge in [-0.25, -0.2) is 4.39 Å². The Bertz CT molecular complexity index is 642. The van der Waals surface area contributed by atoms with E-state index in [1.807, 2.05) is 12.1 Å². The van der Waals surface area contributed by atoms with Gasteiger partial charge in [0, 0.05) is 51.7 Å². The molecule has 29 heavy (non-hydrogen) atoms. The Balaban J connectivity index is 0.00000300. The standard InChI is InChI=1S/C22H36FN5.HI/c1-3-27-14-16-28(17-15-27)13-7-6-12-25-21(24-2)26-18-22(10-11-22)19-8-4-5-9-20(19)23;/h4-5,8-9H,3,6-7,10-18H2,1-2H3,(H2,24,25,26);1H. The lowest BCUT2D eigenvalue weighted by Gasteiger charge is -2.34. The minimum Gasteiger partial charge on any atom is -0.356 e. The number of benzene rings is 1. The van der Waals surface area contributed by atoms with E-state index in [1.165, 1.54) is 45.7 Å². The molecule has 2 aliphatic rings. The van der Waals surface area contributed by atoms with Crippen LogP contribution in [0.5, 0.6) is 0 Å². The zero-order chi connectivity index (χ0) is 19.8. The molecule has 1 aliphatic carbocycles. The molecule has 1 aromatic rings. The predicted molar refractivity (Wildman–Crippen MR) is 130 cm³/mol. The average molecular weight is 517 g/mol. The summed E-state index contributed by atoms with van der Waals surface area (Å²) < 4.78 is 14.1. The number of rotatable bonds is 9. The molecule has 3 rings (SSSR count). The van der Waals surface area contributed by atoms with E-state index in [9.17, 15) is 4.39 Å². The normalized spacial score (nSPS) is 19.5. The van der Waals surface area contributed by atoms with Crippen LogP contribution < -0.4 is 10.6 Å². The lowest BCUT2D eigenvalue weighted by Crippen LogP contribution is -2.46. The van der Waals surface area contributed by atoms with Crippen LogP contribution in [0.2, 0.25) is 0 Å². The first-order chi connectivity index (χ1) is 13.7. The fraction of sp³-hybridized carbons (Fsp3) is 0.682. The molecule has 2 N–H and O–H groups in total. The molecular weight excluding hydrogens is 480 g/mol. The quantitative estimate of drug-likeness (QED) is 0.229. The molecule has 0 amide bonds. The second kappa shape index (κ2) is 12.1. The first kappa shape index (κ1) is 24.3. The Labute approximate surface area is 192 Å². The molecule has 1 saturated carbocycles. The van der Waals surface area contributed by atoms with Gasteiger partial charge >= 0.3 is 0 Å². The van der Waals surface area contributed by atoms with Gasteiger partial charge in [0.1, 0.15) is 5.82 Å². The molecule has 0 bridgehead atoms. The maximum atomic E-state index is 14.1. The molecule has 164 valence electrons. The summed E-state index contributed by atoms with van der Waals surface area (Å²) in [5, 5.41) is 6.81. The maximum Gasteiger partial charge on any atom is 0.191 e. The van der Waals surface area contributed by atoms with Crippen LogP contribution in [-0.4, -0.2) is 75.2 Å². The molecule has 1 saturated heterocycles. The lowest BCUT2D eigenvalue weighted by molar-refractivity contribution is 0.136. The maximum absolute atomic E-state index is 14.1. The van der Waals surface area contributed by atoms with Crippen LogP contribution in [0.4, 0.5) is 4.39 Å². The Morgan fingerprint density at radius 3 is 2.38 bits per heavy atom. The molecule has 0 spiro atoms. The van der Waals surface area contributed by atoms with Crippen molar-refractivity contribution in [3.05, 3.63) is 35.6 Å². The molecule has 1 aromatic carbocycles. The van der Waals surface area contributed by atoms with Crippen LogP contribution in [0, 0.1) is 5.82 Å². The third-order valence-corrected chi connectivity index (χ3v) is 6.22. The topological polar surface area (TPSA) is 42.9 Å². The van der Waals surface area contributed by atoms with E-state index in [2.05, 4.69) is 32.3 Å².